The predicted octanol–water partition coefficient (Wildman–Crippen LogP) is 1.23. The van der Waals surface area contributed by atoms with Crippen LogP contribution in [-0.4, -0.2) is 18.4 Å². The number of benzene rings is 1. The fourth-order valence-corrected chi connectivity index (χ4v) is 1.16. The molecule has 1 aromatic rings. The van der Waals surface area contributed by atoms with Gasteiger partial charge in [-0.2, -0.15) is 5.26 Å². The summed E-state index contributed by atoms with van der Waals surface area (Å²) in [6, 6.07) is 8.71. The topological polar surface area (TPSA) is 67.2 Å². The Hall–Kier alpha value is -2.15. The summed E-state index contributed by atoms with van der Waals surface area (Å²) in [5.74, 6) is -0.631. The first-order chi connectivity index (χ1) is 7.61. The summed E-state index contributed by atoms with van der Waals surface area (Å²) in [6.07, 6.45) is 0.207. The molecule has 0 aromatic heterocycles. The third-order valence-corrected chi connectivity index (χ3v) is 1.92. The predicted molar refractivity (Wildman–Crippen MR) is 56.5 cm³/mol. The Morgan fingerprint density at radius 3 is 2.44 bits per heavy atom. The highest BCUT2D eigenvalue weighted by molar-refractivity contribution is 5.83. The second-order valence-electron chi connectivity index (χ2n) is 3.30. The summed E-state index contributed by atoms with van der Waals surface area (Å²) >= 11 is 0. The molecule has 0 N–H and O–H groups in total. The molecule has 0 bridgehead atoms. The molecule has 0 saturated heterocycles. The average Bonchev–Trinajstić information content (AvgIpc) is 2.27. The van der Waals surface area contributed by atoms with Crippen LogP contribution in [0.1, 0.15) is 18.1 Å². The minimum atomic E-state index is -0.465. The van der Waals surface area contributed by atoms with E-state index in [2.05, 4.69) is 4.74 Å². The molecule has 0 amide bonds. The highest BCUT2D eigenvalue weighted by Gasteiger charge is 2.05. The molecule has 1 aromatic carbocycles. The zero-order chi connectivity index (χ0) is 12.0. The maximum Gasteiger partial charge on any atom is 0.303 e. The van der Waals surface area contributed by atoms with Gasteiger partial charge < -0.3 is 4.74 Å². The zero-order valence-electron chi connectivity index (χ0n) is 8.90. The van der Waals surface area contributed by atoms with Gasteiger partial charge in [0.15, 0.2) is 5.78 Å². The Kier molecular flexibility index (Phi) is 4.22. The van der Waals surface area contributed by atoms with Crippen molar-refractivity contribution in [2.75, 3.05) is 6.61 Å². The third kappa shape index (κ3) is 3.93. The molecule has 0 unspecified atom stereocenters. The van der Waals surface area contributed by atoms with Crippen LogP contribution in [0, 0.1) is 11.3 Å². The molecule has 1 rings (SSSR count). The Bertz CT molecular complexity index is 429. The summed E-state index contributed by atoms with van der Waals surface area (Å²) in [5, 5.41) is 8.58. The lowest BCUT2D eigenvalue weighted by Gasteiger charge is -2.01. The van der Waals surface area contributed by atoms with E-state index < -0.39 is 5.97 Å². The van der Waals surface area contributed by atoms with E-state index in [0.29, 0.717) is 5.56 Å². The van der Waals surface area contributed by atoms with Gasteiger partial charge >= 0.3 is 5.97 Å². The summed E-state index contributed by atoms with van der Waals surface area (Å²) < 4.78 is 4.58. The van der Waals surface area contributed by atoms with Crippen LogP contribution in [0.25, 0.3) is 0 Å². The van der Waals surface area contributed by atoms with Crippen molar-refractivity contribution in [3.8, 4) is 6.07 Å². The van der Waals surface area contributed by atoms with Crippen molar-refractivity contribution in [2.45, 2.75) is 13.3 Å². The van der Waals surface area contributed by atoms with Gasteiger partial charge in [0.25, 0.3) is 0 Å². The molecule has 0 atom stereocenters. The molecule has 82 valence electrons. The van der Waals surface area contributed by atoms with Gasteiger partial charge in [-0.05, 0) is 17.7 Å². The first-order valence-electron chi connectivity index (χ1n) is 4.76. The van der Waals surface area contributed by atoms with E-state index in [-0.39, 0.29) is 18.8 Å². The first kappa shape index (κ1) is 11.9. The van der Waals surface area contributed by atoms with Crippen LogP contribution >= 0.6 is 0 Å². The highest BCUT2D eigenvalue weighted by atomic mass is 16.5. The van der Waals surface area contributed by atoms with E-state index in [0.717, 1.165) is 5.56 Å². The summed E-state index contributed by atoms with van der Waals surface area (Å²) in [5.41, 5.74) is 1.35. The molecule has 0 spiro atoms. The minimum absolute atomic E-state index is 0.167. The van der Waals surface area contributed by atoms with Gasteiger partial charge in [-0.1, -0.05) is 12.1 Å². The standard InChI is InChI=1S/C12H11NO3/c1-9(14)16-8-12(15)6-10-2-4-11(7-13)5-3-10/h2-5H,6,8H2,1H3. The van der Waals surface area contributed by atoms with Gasteiger partial charge in [0, 0.05) is 13.3 Å². The Morgan fingerprint density at radius 1 is 1.31 bits per heavy atom. The van der Waals surface area contributed by atoms with E-state index >= 15 is 0 Å². The third-order valence-electron chi connectivity index (χ3n) is 1.92. The summed E-state index contributed by atoms with van der Waals surface area (Å²) in [4.78, 5) is 21.8. The molecule has 0 aliphatic carbocycles. The van der Waals surface area contributed by atoms with Crippen molar-refractivity contribution in [3.63, 3.8) is 0 Å². The molecule has 16 heavy (non-hydrogen) atoms. The number of ether oxygens (including phenoxy) is 1. The second-order valence-corrected chi connectivity index (χ2v) is 3.30. The lowest BCUT2D eigenvalue weighted by molar-refractivity contribution is -0.145. The summed E-state index contributed by atoms with van der Waals surface area (Å²) in [6.45, 7) is 1.06. The van der Waals surface area contributed by atoms with Crippen molar-refractivity contribution in [2.24, 2.45) is 0 Å². The second kappa shape index (κ2) is 5.66. The van der Waals surface area contributed by atoms with Gasteiger partial charge in [0.2, 0.25) is 0 Å². The first-order valence-corrected chi connectivity index (χ1v) is 4.76. The Morgan fingerprint density at radius 2 is 1.94 bits per heavy atom. The van der Waals surface area contributed by atoms with Gasteiger partial charge in [0.05, 0.1) is 11.6 Å². The fraction of sp³-hybridized carbons (Fsp3) is 0.250. The molecule has 0 radical (unpaired) electrons. The molecule has 0 fully saturated rings. The molecule has 0 aliphatic rings. The number of rotatable bonds is 4. The number of hydrogen-bond acceptors (Lipinski definition) is 4. The lowest BCUT2D eigenvalue weighted by Crippen LogP contribution is -2.13. The summed E-state index contributed by atoms with van der Waals surface area (Å²) in [7, 11) is 0. The molecule has 0 heterocycles. The lowest BCUT2D eigenvalue weighted by atomic mass is 10.1. The maximum atomic E-state index is 11.3. The molecule has 0 saturated carbocycles. The quantitative estimate of drug-likeness (QED) is 0.711. The van der Waals surface area contributed by atoms with Gasteiger partial charge in [-0.3, -0.25) is 9.59 Å². The SMILES string of the molecule is CC(=O)OCC(=O)Cc1ccc(C#N)cc1. The molecular weight excluding hydrogens is 206 g/mol. The number of Topliss-reactive ketones (excluding diaryl/α,β-unsaturated/α-hetero) is 1. The minimum Gasteiger partial charge on any atom is -0.458 e. The highest BCUT2D eigenvalue weighted by Crippen LogP contribution is 2.04. The van der Waals surface area contributed by atoms with Crippen molar-refractivity contribution in [3.05, 3.63) is 35.4 Å². The smallest absolute Gasteiger partial charge is 0.303 e. The van der Waals surface area contributed by atoms with E-state index in [1.54, 1.807) is 24.3 Å². The van der Waals surface area contributed by atoms with Crippen LogP contribution in [0.4, 0.5) is 0 Å². The average molecular weight is 217 g/mol. The number of carbonyl (C=O) groups excluding carboxylic acids is 2. The van der Waals surface area contributed by atoms with E-state index in [4.69, 9.17) is 5.26 Å². The fourth-order valence-electron chi connectivity index (χ4n) is 1.16. The van der Waals surface area contributed by atoms with Crippen molar-refractivity contribution >= 4 is 11.8 Å². The molecular formula is C12H11NO3. The normalized spacial score (nSPS) is 9.25. The Labute approximate surface area is 93.5 Å². The van der Waals surface area contributed by atoms with Crippen LogP contribution in [0.15, 0.2) is 24.3 Å². The van der Waals surface area contributed by atoms with Crippen LogP contribution in [0.5, 0.6) is 0 Å². The number of esters is 1. The van der Waals surface area contributed by atoms with Gasteiger partial charge in [-0.15, -0.1) is 0 Å². The maximum absolute atomic E-state index is 11.3. The molecule has 4 nitrogen and oxygen atoms in total. The van der Waals surface area contributed by atoms with Crippen LogP contribution in [0.3, 0.4) is 0 Å². The van der Waals surface area contributed by atoms with Crippen molar-refractivity contribution < 1.29 is 14.3 Å². The van der Waals surface area contributed by atoms with Crippen molar-refractivity contribution in [1.29, 1.82) is 5.26 Å². The van der Waals surface area contributed by atoms with Crippen LogP contribution in [0.2, 0.25) is 0 Å². The van der Waals surface area contributed by atoms with Crippen LogP contribution < -0.4 is 0 Å². The number of hydrogen-bond donors (Lipinski definition) is 0. The monoisotopic (exact) mass is 217 g/mol. The molecule has 0 aliphatic heterocycles. The van der Waals surface area contributed by atoms with E-state index in [1.165, 1.54) is 6.92 Å². The molecule has 4 heteroatoms. The number of nitriles is 1. The van der Waals surface area contributed by atoms with E-state index in [9.17, 15) is 9.59 Å². The van der Waals surface area contributed by atoms with Gasteiger partial charge in [0.1, 0.15) is 6.61 Å². The van der Waals surface area contributed by atoms with Gasteiger partial charge in [-0.25, -0.2) is 0 Å². The largest absolute Gasteiger partial charge is 0.458 e. The van der Waals surface area contributed by atoms with E-state index in [1.807, 2.05) is 6.07 Å². The number of ketones is 1. The Balaban J connectivity index is 2.50. The zero-order valence-corrected chi connectivity index (χ0v) is 8.90. The number of nitrogens with zero attached hydrogens (tertiary/aromatic N) is 1. The number of carbonyl (C=O) groups is 2. The van der Waals surface area contributed by atoms with Crippen molar-refractivity contribution in [1.82, 2.24) is 0 Å². The van der Waals surface area contributed by atoms with Crippen LogP contribution in [-0.2, 0) is 20.7 Å².